The minimum atomic E-state index is -1.08. The Hall–Kier alpha value is -1.47. The van der Waals surface area contributed by atoms with Gasteiger partial charge in [0, 0.05) is 24.3 Å². The summed E-state index contributed by atoms with van der Waals surface area (Å²) >= 11 is 5.73. The molecule has 0 fully saturated rings. The second kappa shape index (κ2) is 11.1. The second-order valence-electron chi connectivity index (χ2n) is 4.19. The molecule has 1 N–H and O–H groups in total. The molecule has 1 aromatic carbocycles. The van der Waals surface area contributed by atoms with Crippen LogP contribution in [-0.2, 0) is 11.2 Å². The summed E-state index contributed by atoms with van der Waals surface area (Å²) in [5.41, 5.74) is 1.79. The fourth-order valence-corrected chi connectivity index (χ4v) is 1.63. The monoisotopic (exact) mass is 346 g/mol. The predicted molar refractivity (Wildman–Crippen MR) is 78.4 cm³/mol. The minimum absolute atomic E-state index is 0. The standard InChI is InChI=1S/C13H10ClFN2O.C2H4O2.Na/c14-10-3-6-12(16-8-10)7-13(17-18)9-1-4-11(15)5-2-9;1-2(3)4;/h1-6,8,18H,7H2;1H3,(H,3,4);/q;;+1/p-1/b17-13+;;. The summed E-state index contributed by atoms with van der Waals surface area (Å²) in [6.45, 7) is 0.972. The van der Waals surface area contributed by atoms with Crippen LogP contribution in [0.5, 0.6) is 0 Å². The van der Waals surface area contributed by atoms with Gasteiger partial charge in [-0.25, -0.2) is 4.39 Å². The number of aromatic nitrogens is 1. The molecule has 0 aliphatic carbocycles. The number of carboxylic acid groups (broad SMARTS) is 1. The Morgan fingerprint density at radius 1 is 1.30 bits per heavy atom. The molecule has 1 aromatic heterocycles. The Kier molecular flexibility index (Phi) is 10.4. The van der Waals surface area contributed by atoms with Gasteiger partial charge in [0.15, 0.2) is 0 Å². The zero-order valence-electron chi connectivity index (χ0n) is 12.7. The molecule has 1 heterocycles. The zero-order chi connectivity index (χ0) is 16.5. The summed E-state index contributed by atoms with van der Waals surface area (Å²) in [5.74, 6) is -1.42. The van der Waals surface area contributed by atoms with E-state index in [1.165, 1.54) is 18.3 Å². The van der Waals surface area contributed by atoms with Crippen LogP contribution < -0.4 is 34.7 Å². The van der Waals surface area contributed by atoms with E-state index in [-0.39, 0.29) is 35.4 Å². The van der Waals surface area contributed by atoms with Crippen molar-refractivity contribution >= 4 is 23.3 Å². The average molecular weight is 347 g/mol. The summed E-state index contributed by atoms with van der Waals surface area (Å²) in [5, 5.41) is 21.7. The normalized spacial score (nSPS) is 10.1. The van der Waals surface area contributed by atoms with Gasteiger partial charge in [0.2, 0.25) is 0 Å². The first-order valence-electron chi connectivity index (χ1n) is 6.17. The van der Waals surface area contributed by atoms with Gasteiger partial charge in [-0.3, -0.25) is 4.98 Å². The topological polar surface area (TPSA) is 85.6 Å². The number of carbonyl (C=O) groups is 1. The number of pyridine rings is 1. The number of carbonyl (C=O) groups excluding carboxylic acids is 1. The first kappa shape index (κ1) is 21.5. The molecule has 8 heteroatoms. The molecule has 0 saturated heterocycles. The van der Waals surface area contributed by atoms with Crippen molar-refractivity contribution in [2.24, 2.45) is 5.16 Å². The molecule has 0 bridgehead atoms. The van der Waals surface area contributed by atoms with Gasteiger partial charge in [0.05, 0.1) is 10.7 Å². The molecule has 2 aromatic rings. The maximum absolute atomic E-state index is 12.8. The van der Waals surface area contributed by atoms with E-state index in [9.17, 15) is 4.39 Å². The van der Waals surface area contributed by atoms with E-state index in [0.717, 1.165) is 12.6 Å². The molecule has 0 spiro atoms. The average Bonchev–Trinajstić information content (AvgIpc) is 2.47. The zero-order valence-corrected chi connectivity index (χ0v) is 15.4. The number of carboxylic acids is 1. The van der Waals surface area contributed by atoms with Crippen LogP contribution in [0.3, 0.4) is 0 Å². The Morgan fingerprint density at radius 3 is 2.30 bits per heavy atom. The number of oxime groups is 1. The molecule has 23 heavy (non-hydrogen) atoms. The van der Waals surface area contributed by atoms with Gasteiger partial charge in [0.25, 0.3) is 0 Å². The van der Waals surface area contributed by atoms with Gasteiger partial charge in [-0.15, -0.1) is 0 Å². The van der Waals surface area contributed by atoms with Crippen LogP contribution in [-0.4, -0.2) is 21.9 Å². The van der Waals surface area contributed by atoms with Crippen LogP contribution in [0.1, 0.15) is 18.2 Å². The van der Waals surface area contributed by atoms with Crippen molar-refractivity contribution in [3.05, 3.63) is 64.7 Å². The Labute approximate surface area is 160 Å². The third kappa shape index (κ3) is 8.66. The summed E-state index contributed by atoms with van der Waals surface area (Å²) in [6, 6.07) is 9.20. The van der Waals surface area contributed by atoms with Gasteiger partial charge in [-0.1, -0.05) is 28.9 Å². The Morgan fingerprint density at radius 2 is 1.87 bits per heavy atom. The van der Waals surface area contributed by atoms with Crippen LogP contribution in [0.15, 0.2) is 47.8 Å². The van der Waals surface area contributed by atoms with Crippen LogP contribution in [0, 0.1) is 5.82 Å². The van der Waals surface area contributed by atoms with Crippen LogP contribution in [0.25, 0.3) is 0 Å². The maximum atomic E-state index is 12.8. The molecule has 0 radical (unpaired) electrons. The van der Waals surface area contributed by atoms with Crippen molar-refractivity contribution in [2.45, 2.75) is 13.3 Å². The molecule has 0 atom stereocenters. The smallest absolute Gasteiger partial charge is 0.550 e. The van der Waals surface area contributed by atoms with E-state index in [1.54, 1.807) is 24.3 Å². The van der Waals surface area contributed by atoms with Gasteiger partial charge in [-0.2, -0.15) is 0 Å². The predicted octanol–water partition coefficient (Wildman–Crippen LogP) is -0.945. The molecule has 5 nitrogen and oxygen atoms in total. The minimum Gasteiger partial charge on any atom is -0.550 e. The molecule has 0 saturated carbocycles. The Bertz CT molecular complexity index is 645. The van der Waals surface area contributed by atoms with Gasteiger partial charge in [0.1, 0.15) is 5.82 Å². The molecule has 2 rings (SSSR count). The van der Waals surface area contributed by atoms with Crippen LogP contribution in [0.2, 0.25) is 5.02 Å². The van der Waals surface area contributed by atoms with E-state index in [0.29, 0.717) is 22.7 Å². The van der Waals surface area contributed by atoms with E-state index >= 15 is 0 Å². The van der Waals surface area contributed by atoms with Gasteiger partial charge in [-0.05, 0) is 36.8 Å². The molecule has 0 aliphatic rings. The number of hydrogen-bond donors (Lipinski definition) is 1. The van der Waals surface area contributed by atoms with Crippen molar-refractivity contribution in [3.63, 3.8) is 0 Å². The second-order valence-corrected chi connectivity index (χ2v) is 4.63. The van der Waals surface area contributed by atoms with Crippen molar-refractivity contribution in [3.8, 4) is 0 Å². The van der Waals surface area contributed by atoms with E-state index in [4.69, 9.17) is 26.7 Å². The molecule has 116 valence electrons. The third-order valence-electron chi connectivity index (χ3n) is 2.44. The van der Waals surface area contributed by atoms with Gasteiger partial charge >= 0.3 is 29.6 Å². The number of benzene rings is 1. The van der Waals surface area contributed by atoms with E-state index in [1.807, 2.05) is 0 Å². The molecular weight excluding hydrogens is 334 g/mol. The van der Waals surface area contributed by atoms with Crippen molar-refractivity contribution in [1.29, 1.82) is 0 Å². The van der Waals surface area contributed by atoms with Crippen molar-refractivity contribution in [1.82, 2.24) is 4.98 Å². The number of hydrogen-bond acceptors (Lipinski definition) is 5. The number of aliphatic carboxylic acids is 1. The fraction of sp³-hybridized carbons (Fsp3) is 0.133. The summed E-state index contributed by atoms with van der Waals surface area (Å²) in [6.07, 6.45) is 1.87. The molecule has 0 unspecified atom stereocenters. The number of halogens is 2. The fourth-order valence-electron chi connectivity index (χ4n) is 1.52. The van der Waals surface area contributed by atoms with Crippen molar-refractivity contribution < 1.29 is 49.1 Å². The first-order chi connectivity index (χ1) is 10.4. The van der Waals surface area contributed by atoms with Crippen LogP contribution >= 0.6 is 11.6 Å². The summed E-state index contributed by atoms with van der Waals surface area (Å²) in [7, 11) is 0. The summed E-state index contributed by atoms with van der Waals surface area (Å²) < 4.78 is 12.8. The third-order valence-corrected chi connectivity index (χ3v) is 2.66. The SMILES string of the molecule is CC(=O)[O-].O/N=C(\Cc1ccc(Cl)cn1)c1ccc(F)cc1.[Na+]. The molecule has 0 amide bonds. The van der Waals surface area contributed by atoms with E-state index < -0.39 is 5.97 Å². The molecular formula is C15H13ClFN2NaO3. The maximum Gasteiger partial charge on any atom is 1.00 e. The molecule has 0 aliphatic heterocycles. The number of nitrogens with zero attached hydrogens (tertiary/aromatic N) is 2. The quantitative estimate of drug-likeness (QED) is 0.336. The largest absolute Gasteiger partial charge is 1.00 e. The van der Waals surface area contributed by atoms with Crippen molar-refractivity contribution in [2.75, 3.05) is 0 Å². The van der Waals surface area contributed by atoms with Gasteiger partial charge < -0.3 is 15.1 Å². The Balaban J connectivity index is 0.000000871. The number of rotatable bonds is 3. The summed E-state index contributed by atoms with van der Waals surface area (Å²) in [4.78, 5) is 13.0. The van der Waals surface area contributed by atoms with Crippen LogP contribution in [0.4, 0.5) is 4.39 Å². The van der Waals surface area contributed by atoms with E-state index in [2.05, 4.69) is 10.1 Å². The first-order valence-corrected chi connectivity index (χ1v) is 6.55.